The van der Waals surface area contributed by atoms with Crippen LogP contribution in [0.15, 0.2) is 57.9 Å². The summed E-state index contributed by atoms with van der Waals surface area (Å²) in [5.74, 6) is 0.0546. The van der Waals surface area contributed by atoms with Crippen molar-refractivity contribution in [3.63, 3.8) is 0 Å². The molecule has 0 saturated heterocycles. The van der Waals surface area contributed by atoms with Gasteiger partial charge in [0.1, 0.15) is 0 Å². The van der Waals surface area contributed by atoms with E-state index >= 15 is 0 Å². The van der Waals surface area contributed by atoms with Gasteiger partial charge in [-0.15, -0.1) is 11.8 Å². The molecule has 0 radical (unpaired) electrons. The molecule has 0 unspecified atom stereocenters. The van der Waals surface area contributed by atoms with Crippen LogP contribution < -0.4 is 0 Å². The molecule has 0 N–H and O–H groups in total. The summed E-state index contributed by atoms with van der Waals surface area (Å²) in [4.78, 5) is 13.3. The van der Waals surface area contributed by atoms with Crippen LogP contribution in [0.2, 0.25) is 0 Å². The molecule has 2 aromatic rings. The van der Waals surface area contributed by atoms with Crippen LogP contribution in [0.4, 0.5) is 0 Å². The lowest BCUT2D eigenvalue weighted by atomic mass is 10.0. The third kappa shape index (κ3) is 2.99. The molecule has 0 saturated carbocycles. The molecule has 0 atom stereocenters. The Morgan fingerprint density at radius 3 is 2.35 bits per heavy atom. The van der Waals surface area contributed by atoms with Crippen molar-refractivity contribution in [3.05, 3.63) is 64.1 Å². The second kappa shape index (κ2) is 5.52. The number of carbonyl (C=O) groups is 1. The van der Waals surface area contributed by atoms with E-state index in [1.165, 1.54) is 0 Å². The van der Waals surface area contributed by atoms with Gasteiger partial charge in [-0.3, -0.25) is 4.79 Å². The first-order chi connectivity index (χ1) is 8.20. The highest BCUT2D eigenvalue weighted by Crippen LogP contribution is 2.18. The predicted molar refractivity (Wildman–Crippen MR) is 75.8 cm³/mol. The quantitative estimate of drug-likeness (QED) is 0.617. The van der Waals surface area contributed by atoms with E-state index in [0.717, 1.165) is 14.9 Å². The minimum atomic E-state index is 0.0546. The van der Waals surface area contributed by atoms with E-state index in [1.54, 1.807) is 11.8 Å². The normalized spacial score (nSPS) is 10.2. The molecule has 0 aliphatic carbocycles. The first-order valence-electron chi connectivity index (χ1n) is 5.15. The van der Waals surface area contributed by atoms with Gasteiger partial charge in [0, 0.05) is 20.5 Å². The third-order valence-electron chi connectivity index (χ3n) is 2.44. The fraction of sp³-hybridized carbons (Fsp3) is 0.0714. The molecule has 0 amide bonds. The average molecular weight is 307 g/mol. The molecular formula is C14H11BrOS. The monoisotopic (exact) mass is 306 g/mol. The van der Waals surface area contributed by atoms with Gasteiger partial charge in [-0.25, -0.2) is 0 Å². The van der Waals surface area contributed by atoms with Crippen LogP contribution in [0, 0.1) is 0 Å². The van der Waals surface area contributed by atoms with E-state index in [2.05, 4.69) is 15.9 Å². The van der Waals surface area contributed by atoms with Crippen molar-refractivity contribution < 1.29 is 4.79 Å². The lowest BCUT2D eigenvalue weighted by molar-refractivity contribution is 0.103. The largest absolute Gasteiger partial charge is 0.289 e. The molecular weight excluding hydrogens is 296 g/mol. The minimum Gasteiger partial charge on any atom is -0.289 e. The topological polar surface area (TPSA) is 17.1 Å². The molecule has 0 aliphatic rings. The Bertz CT molecular complexity index is 534. The maximum Gasteiger partial charge on any atom is 0.193 e. The van der Waals surface area contributed by atoms with E-state index in [0.29, 0.717) is 5.56 Å². The number of hydrogen-bond donors (Lipinski definition) is 0. The Labute approximate surface area is 113 Å². The molecule has 1 nitrogen and oxygen atoms in total. The molecule has 0 aromatic heterocycles. The molecule has 2 aromatic carbocycles. The van der Waals surface area contributed by atoms with Crippen molar-refractivity contribution in [3.8, 4) is 0 Å². The van der Waals surface area contributed by atoms with Crippen LogP contribution >= 0.6 is 27.7 Å². The lowest BCUT2D eigenvalue weighted by Crippen LogP contribution is -2.00. The summed E-state index contributed by atoms with van der Waals surface area (Å²) in [6.45, 7) is 0. The van der Waals surface area contributed by atoms with Crippen molar-refractivity contribution in [1.29, 1.82) is 0 Å². The highest BCUT2D eigenvalue weighted by Gasteiger charge is 2.08. The van der Waals surface area contributed by atoms with Gasteiger partial charge in [0.25, 0.3) is 0 Å². The fourth-order valence-electron chi connectivity index (χ4n) is 1.54. The summed E-state index contributed by atoms with van der Waals surface area (Å²) >= 11 is 5.04. The second-order valence-corrected chi connectivity index (χ2v) is 5.36. The number of thioether (sulfide) groups is 1. The van der Waals surface area contributed by atoms with E-state index in [9.17, 15) is 4.79 Å². The maximum absolute atomic E-state index is 12.2. The summed E-state index contributed by atoms with van der Waals surface area (Å²) in [6, 6.07) is 15.1. The van der Waals surface area contributed by atoms with Gasteiger partial charge in [-0.05, 0) is 42.7 Å². The average Bonchev–Trinajstić information content (AvgIpc) is 2.38. The molecule has 0 bridgehead atoms. The highest BCUT2D eigenvalue weighted by atomic mass is 79.9. The number of halogens is 1. The first-order valence-corrected chi connectivity index (χ1v) is 7.17. The zero-order valence-electron chi connectivity index (χ0n) is 9.31. The van der Waals surface area contributed by atoms with Gasteiger partial charge in [-0.2, -0.15) is 0 Å². The lowest BCUT2D eigenvalue weighted by Gasteiger charge is -2.02. The Hall–Kier alpha value is -1.06. The van der Waals surface area contributed by atoms with Gasteiger partial charge in [0.05, 0.1) is 0 Å². The summed E-state index contributed by atoms with van der Waals surface area (Å²) in [5, 5.41) is 0. The van der Waals surface area contributed by atoms with E-state index in [-0.39, 0.29) is 5.78 Å². The second-order valence-electron chi connectivity index (χ2n) is 3.57. The molecule has 3 heteroatoms. The molecule has 0 aliphatic heterocycles. The van der Waals surface area contributed by atoms with Gasteiger partial charge < -0.3 is 0 Å². The van der Waals surface area contributed by atoms with Gasteiger partial charge in [0.2, 0.25) is 0 Å². The summed E-state index contributed by atoms with van der Waals surface area (Å²) in [7, 11) is 0. The summed E-state index contributed by atoms with van der Waals surface area (Å²) in [5.41, 5.74) is 1.43. The molecule has 0 fully saturated rings. The Balaban J connectivity index is 2.30. The smallest absolute Gasteiger partial charge is 0.193 e. The zero-order valence-corrected chi connectivity index (χ0v) is 11.7. The zero-order chi connectivity index (χ0) is 12.3. The van der Waals surface area contributed by atoms with Crippen LogP contribution in [0.3, 0.4) is 0 Å². The van der Waals surface area contributed by atoms with Crippen LogP contribution in [0.5, 0.6) is 0 Å². The van der Waals surface area contributed by atoms with Crippen molar-refractivity contribution in [2.45, 2.75) is 4.90 Å². The number of hydrogen-bond acceptors (Lipinski definition) is 2. The van der Waals surface area contributed by atoms with Crippen LogP contribution in [-0.4, -0.2) is 12.0 Å². The molecule has 0 heterocycles. The fourth-order valence-corrected chi connectivity index (χ4v) is 2.35. The van der Waals surface area contributed by atoms with Crippen molar-refractivity contribution in [2.24, 2.45) is 0 Å². The first kappa shape index (κ1) is 12.4. The van der Waals surface area contributed by atoms with E-state index < -0.39 is 0 Å². The van der Waals surface area contributed by atoms with Gasteiger partial charge in [-0.1, -0.05) is 28.1 Å². The number of carbonyl (C=O) groups excluding carboxylic acids is 1. The van der Waals surface area contributed by atoms with Crippen LogP contribution in [-0.2, 0) is 0 Å². The van der Waals surface area contributed by atoms with Gasteiger partial charge in [0.15, 0.2) is 5.78 Å². The Kier molecular flexibility index (Phi) is 4.02. The summed E-state index contributed by atoms with van der Waals surface area (Å²) in [6.07, 6.45) is 2.02. The minimum absolute atomic E-state index is 0.0546. The van der Waals surface area contributed by atoms with Crippen molar-refractivity contribution in [2.75, 3.05) is 6.26 Å². The maximum atomic E-state index is 12.2. The number of ketones is 1. The van der Waals surface area contributed by atoms with E-state index in [1.807, 2.05) is 54.8 Å². The predicted octanol–water partition coefficient (Wildman–Crippen LogP) is 4.40. The SMILES string of the molecule is CSc1ccc(C(=O)c2cccc(Br)c2)cc1. The van der Waals surface area contributed by atoms with Crippen LogP contribution in [0.1, 0.15) is 15.9 Å². The highest BCUT2D eigenvalue weighted by molar-refractivity contribution is 9.10. The molecule has 86 valence electrons. The summed E-state index contributed by atoms with van der Waals surface area (Å²) < 4.78 is 0.920. The standard InChI is InChI=1S/C14H11BrOS/c1-17-13-7-5-10(6-8-13)14(16)11-3-2-4-12(15)9-11/h2-9H,1H3. The molecule has 0 spiro atoms. The number of rotatable bonds is 3. The van der Waals surface area contributed by atoms with Crippen molar-refractivity contribution >= 4 is 33.5 Å². The van der Waals surface area contributed by atoms with E-state index in [4.69, 9.17) is 0 Å². The molecule has 2 rings (SSSR count). The Morgan fingerprint density at radius 2 is 1.76 bits per heavy atom. The third-order valence-corrected chi connectivity index (χ3v) is 3.68. The van der Waals surface area contributed by atoms with Gasteiger partial charge >= 0.3 is 0 Å². The van der Waals surface area contributed by atoms with Crippen molar-refractivity contribution in [1.82, 2.24) is 0 Å². The number of benzene rings is 2. The Morgan fingerprint density at radius 1 is 1.06 bits per heavy atom. The van der Waals surface area contributed by atoms with Crippen LogP contribution in [0.25, 0.3) is 0 Å². The molecule has 17 heavy (non-hydrogen) atoms.